The Morgan fingerprint density at radius 2 is 1.71 bits per heavy atom. The topological polar surface area (TPSA) is 44.5 Å². The molecule has 1 aromatic carbocycles. The Hall–Kier alpha value is -0.843. The highest BCUT2D eigenvalue weighted by atomic mass is 28.2. The molecule has 0 saturated carbocycles. The second-order valence-electron chi connectivity index (χ2n) is 3.97. The summed E-state index contributed by atoms with van der Waals surface area (Å²) in [6, 6.07) is 9.31. The molecule has 0 aromatic heterocycles. The minimum atomic E-state index is -0.326. The molecule has 0 unspecified atom stereocenters. The van der Waals surface area contributed by atoms with Crippen molar-refractivity contribution in [2.24, 2.45) is 0 Å². The minimum absolute atomic E-state index is 0.0822. The Morgan fingerprint density at radius 1 is 1.12 bits per heavy atom. The zero-order valence-corrected chi connectivity index (χ0v) is 12.2. The highest BCUT2D eigenvalue weighted by Gasteiger charge is 2.07. The van der Waals surface area contributed by atoms with Crippen molar-refractivity contribution < 1.29 is 9.47 Å². The van der Waals surface area contributed by atoms with Gasteiger partial charge in [0.25, 0.3) is 0 Å². The lowest BCUT2D eigenvalue weighted by Gasteiger charge is -2.16. The number of rotatable bonds is 8. The fraction of sp³-hybridized carbons (Fsp3) is 0.538. The van der Waals surface area contributed by atoms with Crippen LogP contribution < -0.4 is 5.73 Å². The van der Waals surface area contributed by atoms with Gasteiger partial charge in [0, 0.05) is 18.9 Å². The maximum absolute atomic E-state index is 5.65. The molecule has 0 heterocycles. The van der Waals surface area contributed by atoms with Crippen LogP contribution in [0.5, 0.6) is 0 Å². The molecule has 4 heteroatoms. The second kappa shape index (κ2) is 8.28. The summed E-state index contributed by atoms with van der Waals surface area (Å²) in [6.45, 7) is 5.50. The molecule has 1 rings (SSSR count). The summed E-state index contributed by atoms with van der Waals surface area (Å²) in [7, 11) is -0.326. The Balaban J connectivity index is 2.27. The van der Waals surface area contributed by atoms with Crippen molar-refractivity contribution in [2.45, 2.75) is 32.2 Å². The maximum atomic E-state index is 5.65. The highest BCUT2D eigenvalue weighted by molar-refractivity contribution is 6.36. The third kappa shape index (κ3) is 5.86. The monoisotopic (exact) mass is 253 g/mol. The number of aryl methyl sites for hydroxylation is 1. The first kappa shape index (κ1) is 14.2. The summed E-state index contributed by atoms with van der Waals surface area (Å²) in [5.41, 5.74) is 7.82. The standard InChI is InChI=1S/C13H23NO2Si/c1-3-15-13(16-4-2)17-10-9-11-5-7-12(14)8-6-11/h5-8,13H,3-4,9-10,14,17H2,1-2H3. The smallest absolute Gasteiger partial charge is 0.134 e. The Kier molecular flexibility index (Phi) is 6.92. The van der Waals surface area contributed by atoms with Gasteiger partial charge in [0.1, 0.15) is 5.91 Å². The molecular formula is C13H23NO2Si. The van der Waals surface area contributed by atoms with Gasteiger partial charge < -0.3 is 15.2 Å². The Morgan fingerprint density at radius 3 is 2.24 bits per heavy atom. The van der Waals surface area contributed by atoms with Gasteiger partial charge in [-0.05, 0) is 38.0 Å². The van der Waals surface area contributed by atoms with Crippen molar-refractivity contribution in [3.8, 4) is 0 Å². The summed E-state index contributed by atoms with van der Waals surface area (Å²) in [4.78, 5) is 0. The predicted molar refractivity (Wildman–Crippen MR) is 74.9 cm³/mol. The van der Waals surface area contributed by atoms with Gasteiger partial charge in [-0.15, -0.1) is 0 Å². The van der Waals surface area contributed by atoms with Crippen LogP contribution in [-0.4, -0.2) is 28.6 Å². The molecule has 0 fully saturated rings. The SMILES string of the molecule is CCOC(OCC)[SiH2]CCc1ccc(N)cc1. The molecule has 0 bridgehead atoms. The van der Waals surface area contributed by atoms with Gasteiger partial charge in [0.15, 0.2) is 0 Å². The van der Waals surface area contributed by atoms with Crippen LogP contribution in [-0.2, 0) is 15.9 Å². The lowest BCUT2D eigenvalue weighted by Crippen LogP contribution is -2.24. The molecule has 0 atom stereocenters. The molecule has 0 spiro atoms. The van der Waals surface area contributed by atoms with E-state index in [-0.39, 0.29) is 15.4 Å². The van der Waals surface area contributed by atoms with Gasteiger partial charge in [-0.2, -0.15) is 0 Å². The van der Waals surface area contributed by atoms with E-state index in [0.29, 0.717) is 0 Å². The normalized spacial score (nSPS) is 11.7. The van der Waals surface area contributed by atoms with Crippen LogP contribution in [0.2, 0.25) is 6.04 Å². The van der Waals surface area contributed by atoms with E-state index < -0.39 is 0 Å². The van der Waals surface area contributed by atoms with E-state index in [0.717, 1.165) is 25.3 Å². The zero-order chi connectivity index (χ0) is 12.5. The number of hydrogen-bond acceptors (Lipinski definition) is 3. The molecular weight excluding hydrogens is 230 g/mol. The maximum Gasteiger partial charge on any atom is 0.134 e. The molecule has 3 nitrogen and oxygen atoms in total. The number of benzene rings is 1. The molecule has 0 aliphatic heterocycles. The molecule has 0 amide bonds. The number of nitrogen functional groups attached to an aromatic ring is 1. The van der Waals surface area contributed by atoms with Crippen LogP contribution in [0.25, 0.3) is 0 Å². The van der Waals surface area contributed by atoms with Gasteiger partial charge in [0.05, 0.1) is 9.52 Å². The number of hydrogen-bond donors (Lipinski definition) is 1. The fourth-order valence-electron chi connectivity index (χ4n) is 1.74. The average molecular weight is 253 g/mol. The van der Waals surface area contributed by atoms with E-state index >= 15 is 0 Å². The molecule has 96 valence electrons. The zero-order valence-electron chi connectivity index (χ0n) is 10.8. The van der Waals surface area contributed by atoms with E-state index in [1.165, 1.54) is 11.6 Å². The van der Waals surface area contributed by atoms with E-state index in [1.54, 1.807) is 0 Å². The third-order valence-electron chi connectivity index (χ3n) is 2.59. The van der Waals surface area contributed by atoms with Crippen LogP contribution in [0.3, 0.4) is 0 Å². The van der Waals surface area contributed by atoms with Crippen molar-refractivity contribution in [1.29, 1.82) is 0 Å². The average Bonchev–Trinajstić information content (AvgIpc) is 2.32. The summed E-state index contributed by atoms with van der Waals surface area (Å²) >= 11 is 0. The summed E-state index contributed by atoms with van der Waals surface area (Å²) < 4.78 is 11.1. The summed E-state index contributed by atoms with van der Waals surface area (Å²) in [5, 5.41) is 0. The van der Waals surface area contributed by atoms with Crippen LogP contribution in [0.1, 0.15) is 19.4 Å². The quantitative estimate of drug-likeness (QED) is 0.436. The molecule has 2 N–H and O–H groups in total. The lowest BCUT2D eigenvalue weighted by molar-refractivity contribution is -0.0827. The van der Waals surface area contributed by atoms with Gasteiger partial charge in [-0.25, -0.2) is 0 Å². The molecule has 0 aliphatic rings. The largest absolute Gasteiger partial charge is 0.399 e. The first-order valence-corrected chi connectivity index (χ1v) is 8.15. The van der Waals surface area contributed by atoms with Gasteiger partial charge >= 0.3 is 0 Å². The highest BCUT2D eigenvalue weighted by Crippen LogP contribution is 2.08. The number of ether oxygens (including phenoxy) is 2. The number of nitrogens with two attached hydrogens (primary N) is 1. The summed E-state index contributed by atoms with van der Waals surface area (Å²) in [5.74, 6) is 0.0822. The van der Waals surface area contributed by atoms with Crippen molar-refractivity contribution >= 4 is 15.2 Å². The lowest BCUT2D eigenvalue weighted by atomic mass is 10.2. The van der Waals surface area contributed by atoms with Crippen LogP contribution in [0.15, 0.2) is 24.3 Å². The van der Waals surface area contributed by atoms with E-state index in [9.17, 15) is 0 Å². The van der Waals surface area contributed by atoms with Gasteiger partial charge in [0.2, 0.25) is 0 Å². The molecule has 17 heavy (non-hydrogen) atoms. The van der Waals surface area contributed by atoms with Crippen molar-refractivity contribution in [2.75, 3.05) is 18.9 Å². The van der Waals surface area contributed by atoms with Gasteiger partial charge in [-0.3, -0.25) is 0 Å². The van der Waals surface area contributed by atoms with Crippen LogP contribution >= 0.6 is 0 Å². The molecule has 1 aromatic rings. The molecule has 0 radical (unpaired) electrons. The van der Waals surface area contributed by atoms with E-state index in [2.05, 4.69) is 12.1 Å². The van der Waals surface area contributed by atoms with Crippen molar-refractivity contribution in [3.63, 3.8) is 0 Å². The predicted octanol–water partition coefficient (Wildman–Crippen LogP) is 1.75. The first-order chi connectivity index (χ1) is 8.26. The van der Waals surface area contributed by atoms with E-state index in [4.69, 9.17) is 15.2 Å². The second-order valence-corrected chi connectivity index (χ2v) is 5.93. The van der Waals surface area contributed by atoms with E-state index in [1.807, 2.05) is 26.0 Å². The molecule has 0 aliphatic carbocycles. The van der Waals surface area contributed by atoms with Gasteiger partial charge in [-0.1, -0.05) is 18.2 Å². The summed E-state index contributed by atoms with van der Waals surface area (Å²) in [6.07, 6.45) is 1.10. The third-order valence-corrected chi connectivity index (χ3v) is 4.29. The van der Waals surface area contributed by atoms with Crippen LogP contribution in [0.4, 0.5) is 5.69 Å². The van der Waals surface area contributed by atoms with Crippen molar-refractivity contribution in [3.05, 3.63) is 29.8 Å². The fourth-order valence-corrected chi connectivity index (χ4v) is 3.49. The Labute approximate surface area is 106 Å². The molecule has 0 saturated heterocycles. The van der Waals surface area contributed by atoms with Crippen LogP contribution in [0, 0.1) is 0 Å². The first-order valence-electron chi connectivity index (χ1n) is 6.33. The van der Waals surface area contributed by atoms with Crippen molar-refractivity contribution in [1.82, 2.24) is 0 Å². The minimum Gasteiger partial charge on any atom is -0.399 e. The number of anilines is 1. The Bertz CT molecular complexity index is 297.